The van der Waals surface area contributed by atoms with E-state index in [0.29, 0.717) is 6.42 Å². The highest BCUT2D eigenvalue weighted by Gasteiger charge is 2.23. The lowest BCUT2D eigenvalue weighted by Crippen LogP contribution is -2.47. The first-order valence-corrected chi connectivity index (χ1v) is 10.3. The first-order chi connectivity index (χ1) is 13.3. The summed E-state index contributed by atoms with van der Waals surface area (Å²) in [4.78, 5) is 28.7. The Labute approximate surface area is 169 Å². The standard InChI is InChI=1S/C20H26N4O3S/c1-20(2,3)27-19(26)23-17(9-11-28-4)18(25)24-22-13-14-7-8-16-15(12-14)6-5-10-21-16/h5-8,10,12-13,17H,9,11H2,1-4H3,(H,23,26)(H,24,25)/b22-13-/t17-/m0/s1. The summed E-state index contributed by atoms with van der Waals surface area (Å²) in [5, 5.41) is 7.62. The van der Waals surface area contributed by atoms with Crippen LogP contribution in [0.15, 0.2) is 41.6 Å². The van der Waals surface area contributed by atoms with Crippen molar-refractivity contribution in [2.45, 2.75) is 38.8 Å². The molecule has 1 heterocycles. The van der Waals surface area contributed by atoms with Crippen molar-refractivity contribution in [3.8, 4) is 0 Å². The number of alkyl carbamates (subject to hydrolysis) is 1. The number of carbonyl (C=O) groups excluding carboxylic acids is 2. The zero-order valence-corrected chi connectivity index (χ0v) is 17.4. The molecule has 1 atom stereocenters. The quantitative estimate of drug-likeness (QED) is 0.547. The van der Waals surface area contributed by atoms with Gasteiger partial charge in [0.1, 0.15) is 11.6 Å². The second-order valence-corrected chi connectivity index (χ2v) is 8.16. The van der Waals surface area contributed by atoms with Gasteiger partial charge >= 0.3 is 6.09 Å². The molecule has 0 saturated carbocycles. The minimum absolute atomic E-state index is 0.390. The van der Waals surface area contributed by atoms with Crippen LogP contribution in [0.5, 0.6) is 0 Å². The molecule has 0 aliphatic carbocycles. The van der Waals surface area contributed by atoms with E-state index in [0.717, 1.165) is 22.2 Å². The van der Waals surface area contributed by atoms with Crippen molar-refractivity contribution in [1.82, 2.24) is 15.7 Å². The third-order valence-corrected chi connectivity index (χ3v) is 4.28. The SMILES string of the molecule is CSCC[C@H](NC(=O)OC(C)(C)C)C(=O)N/N=C\c1ccc2ncccc2c1. The molecule has 0 fully saturated rings. The minimum Gasteiger partial charge on any atom is -0.444 e. The van der Waals surface area contributed by atoms with E-state index < -0.39 is 23.6 Å². The lowest BCUT2D eigenvalue weighted by atomic mass is 10.1. The first-order valence-electron chi connectivity index (χ1n) is 8.94. The van der Waals surface area contributed by atoms with Crippen LogP contribution in [-0.2, 0) is 9.53 Å². The average molecular weight is 403 g/mol. The second-order valence-electron chi connectivity index (χ2n) is 7.17. The summed E-state index contributed by atoms with van der Waals surface area (Å²) in [6.07, 6.45) is 5.09. The molecule has 150 valence electrons. The summed E-state index contributed by atoms with van der Waals surface area (Å²) >= 11 is 1.59. The lowest BCUT2D eigenvalue weighted by molar-refractivity contribution is -0.123. The number of fused-ring (bicyclic) bond motifs is 1. The summed E-state index contributed by atoms with van der Waals surface area (Å²) < 4.78 is 5.23. The molecule has 0 spiro atoms. The number of rotatable bonds is 7. The fraction of sp³-hybridized carbons (Fsp3) is 0.400. The van der Waals surface area contributed by atoms with Crippen LogP contribution in [0.25, 0.3) is 10.9 Å². The molecule has 0 radical (unpaired) electrons. The molecular weight excluding hydrogens is 376 g/mol. The number of carbonyl (C=O) groups is 2. The predicted octanol–water partition coefficient (Wildman–Crippen LogP) is 3.33. The van der Waals surface area contributed by atoms with Crippen molar-refractivity contribution >= 4 is 40.9 Å². The van der Waals surface area contributed by atoms with Crippen molar-refractivity contribution in [1.29, 1.82) is 0 Å². The Morgan fingerprint density at radius 1 is 1.32 bits per heavy atom. The Kier molecular flexibility index (Phi) is 7.80. The Morgan fingerprint density at radius 2 is 2.11 bits per heavy atom. The third kappa shape index (κ3) is 7.19. The summed E-state index contributed by atoms with van der Waals surface area (Å²) in [7, 11) is 0. The van der Waals surface area contributed by atoms with Crippen molar-refractivity contribution in [2.75, 3.05) is 12.0 Å². The first kappa shape index (κ1) is 21.7. The van der Waals surface area contributed by atoms with Gasteiger partial charge in [-0.2, -0.15) is 16.9 Å². The summed E-state index contributed by atoms with van der Waals surface area (Å²) in [6.45, 7) is 5.31. The van der Waals surface area contributed by atoms with E-state index in [1.54, 1.807) is 44.9 Å². The van der Waals surface area contributed by atoms with Gasteiger partial charge in [-0.1, -0.05) is 12.1 Å². The minimum atomic E-state index is -0.722. The Balaban J connectivity index is 1.98. The maximum atomic E-state index is 12.4. The molecule has 0 bridgehead atoms. The van der Waals surface area contributed by atoms with E-state index in [-0.39, 0.29) is 0 Å². The van der Waals surface area contributed by atoms with Gasteiger partial charge in [0.05, 0.1) is 11.7 Å². The van der Waals surface area contributed by atoms with Crippen molar-refractivity contribution < 1.29 is 14.3 Å². The van der Waals surface area contributed by atoms with Crippen LogP contribution in [0.2, 0.25) is 0 Å². The number of ether oxygens (including phenoxy) is 1. The molecule has 28 heavy (non-hydrogen) atoms. The van der Waals surface area contributed by atoms with Crippen molar-refractivity contribution in [2.24, 2.45) is 5.10 Å². The van der Waals surface area contributed by atoms with E-state index >= 15 is 0 Å². The van der Waals surface area contributed by atoms with Crippen LogP contribution in [-0.4, -0.2) is 46.9 Å². The zero-order valence-electron chi connectivity index (χ0n) is 16.6. The number of amides is 2. The number of hydrogen-bond acceptors (Lipinski definition) is 6. The van der Waals surface area contributed by atoms with Crippen LogP contribution in [0, 0.1) is 0 Å². The summed E-state index contributed by atoms with van der Waals surface area (Å²) in [6, 6.07) is 8.80. The fourth-order valence-corrected chi connectivity index (χ4v) is 2.85. The molecule has 0 aliphatic heterocycles. The number of thioether (sulfide) groups is 1. The second kappa shape index (κ2) is 10.1. The predicted molar refractivity (Wildman–Crippen MR) is 114 cm³/mol. The highest BCUT2D eigenvalue weighted by Crippen LogP contribution is 2.12. The van der Waals surface area contributed by atoms with Gasteiger partial charge in [-0.25, -0.2) is 10.2 Å². The molecular formula is C20H26N4O3S. The fourth-order valence-electron chi connectivity index (χ4n) is 2.38. The number of nitrogens with zero attached hydrogens (tertiary/aromatic N) is 2. The van der Waals surface area contributed by atoms with Crippen molar-refractivity contribution in [3.63, 3.8) is 0 Å². The molecule has 7 nitrogen and oxygen atoms in total. The number of benzene rings is 1. The monoisotopic (exact) mass is 402 g/mol. The Hall–Kier alpha value is -2.61. The number of hydrogen-bond donors (Lipinski definition) is 2. The maximum absolute atomic E-state index is 12.4. The zero-order chi connectivity index (χ0) is 20.6. The van der Waals surface area contributed by atoms with E-state index in [2.05, 4.69) is 20.8 Å². The van der Waals surface area contributed by atoms with Gasteiger partial charge in [-0.15, -0.1) is 0 Å². The summed E-state index contributed by atoms with van der Waals surface area (Å²) in [5.74, 6) is 0.327. The molecule has 0 aliphatic rings. The molecule has 2 rings (SSSR count). The molecule has 2 aromatic rings. The van der Waals surface area contributed by atoms with Crippen LogP contribution in [0.1, 0.15) is 32.8 Å². The van der Waals surface area contributed by atoms with Crippen LogP contribution < -0.4 is 10.7 Å². The number of aromatic nitrogens is 1. The van der Waals surface area contributed by atoms with E-state index in [1.165, 1.54) is 0 Å². The van der Waals surface area contributed by atoms with Crippen LogP contribution >= 0.6 is 11.8 Å². The molecule has 8 heteroatoms. The van der Waals surface area contributed by atoms with E-state index in [9.17, 15) is 9.59 Å². The van der Waals surface area contributed by atoms with Gasteiger partial charge in [-0.3, -0.25) is 9.78 Å². The number of hydrazone groups is 1. The average Bonchev–Trinajstić information content (AvgIpc) is 2.63. The van der Waals surface area contributed by atoms with Gasteiger partial charge < -0.3 is 10.1 Å². The van der Waals surface area contributed by atoms with E-state index in [4.69, 9.17) is 4.74 Å². The van der Waals surface area contributed by atoms with Crippen LogP contribution in [0.3, 0.4) is 0 Å². The van der Waals surface area contributed by atoms with Crippen LogP contribution in [0.4, 0.5) is 4.79 Å². The topological polar surface area (TPSA) is 92.7 Å². The molecule has 1 aromatic heterocycles. The molecule has 0 saturated heterocycles. The van der Waals surface area contributed by atoms with Gasteiger partial charge in [0.25, 0.3) is 5.91 Å². The van der Waals surface area contributed by atoms with Gasteiger partial charge in [-0.05, 0) is 63.0 Å². The summed E-state index contributed by atoms with van der Waals surface area (Å²) in [5.41, 5.74) is 3.59. The highest BCUT2D eigenvalue weighted by atomic mass is 32.2. The number of nitrogens with one attached hydrogen (secondary N) is 2. The smallest absolute Gasteiger partial charge is 0.408 e. The normalized spacial score (nSPS) is 12.7. The van der Waals surface area contributed by atoms with Gasteiger partial charge in [0.15, 0.2) is 0 Å². The highest BCUT2D eigenvalue weighted by molar-refractivity contribution is 7.98. The molecule has 1 aromatic carbocycles. The largest absolute Gasteiger partial charge is 0.444 e. The maximum Gasteiger partial charge on any atom is 0.408 e. The lowest BCUT2D eigenvalue weighted by Gasteiger charge is -2.22. The van der Waals surface area contributed by atoms with E-state index in [1.807, 2.05) is 36.6 Å². The Bertz CT molecular complexity index is 849. The Morgan fingerprint density at radius 3 is 2.82 bits per heavy atom. The third-order valence-electron chi connectivity index (χ3n) is 3.63. The van der Waals surface area contributed by atoms with Gasteiger partial charge in [0.2, 0.25) is 0 Å². The van der Waals surface area contributed by atoms with Gasteiger partial charge in [0, 0.05) is 11.6 Å². The molecule has 2 N–H and O–H groups in total. The number of pyridine rings is 1. The van der Waals surface area contributed by atoms with Crippen molar-refractivity contribution in [3.05, 3.63) is 42.1 Å². The molecule has 0 unspecified atom stereocenters. The molecule has 2 amide bonds.